The standard InChI is InChI=1S/C29H34N8O3.C29H34N8O2.C26H26N6O3.C23H21ClN6O2/c1-29(40)11-4-3-5-12-36-27(39)22-18-30-28(33-26(22)37(36)25-8-6-7-24(29)32-25)31-21-9-10-23(20(17-21)19-38)35-15-13-34(2)14-16-35;1-29(39)14-4-3-5-17-36-27(38)23-20-30-28(33-26(23)37(36)25-9-6-8-24(29)32-25)31-21-10-12-22(13-11-21)35-16-7-15-34(2)18-19-35;1-26(34)14-3-2-4-15-31-24(33)20-16-27-25(28-17-8-10-18(11-9-17)35-19-12-13-19)30-23(20)32(31)22-7-5-6-21(26)29-22;1-23(32)12-3-2-4-13-29-21(31)17-14-25-22(26-16-10-8-15(24)9-11-16)28-20(17)30(29)19-7-5-6-18(23)27-19/h3,5-10,17-18,38,40H,4,11-16,19H2,1-2H3,(H,30,31,33);3,5-6,8-13,20,39H,4,7,14-19H2,1-2H3,(H,30,31,33);2,4-11,16,19,34H,3,12-15H2,1H3,(H,27,28,30);2,4-11,14,32H,3,12-13H2,1H3,(H,25,26,28)/b2*5-3-;2*4-2-. The summed E-state index contributed by atoms with van der Waals surface area (Å²) in [5.41, 5.74) is 4.96. The van der Waals surface area contributed by atoms with Crippen molar-refractivity contribution >= 4 is 114 Å². The summed E-state index contributed by atoms with van der Waals surface area (Å²) in [6, 6.07) is 50.8. The van der Waals surface area contributed by atoms with Crippen molar-refractivity contribution in [1.82, 2.24) is 107 Å². The van der Waals surface area contributed by atoms with E-state index in [0.717, 1.165) is 111 Å². The highest BCUT2D eigenvalue weighted by Gasteiger charge is 2.34. The van der Waals surface area contributed by atoms with Crippen LogP contribution >= 0.6 is 11.6 Å². The molecule has 1 saturated carbocycles. The highest BCUT2D eigenvalue weighted by Crippen LogP contribution is 2.37. The molecule has 146 heavy (non-hydrogen) atoms. The average Bonchev–Trinajstić information content (AvgIpc) is 1.61. The van der Waals surface area contributed by atoms with Gasteiger partial charge in [0.2, 0.25) is 23.8 Å². The first-order valence-corrected chi connectivity index (χ1v) is 49.7. The van der Waals surface area contributed by atoms with Gasteiger partial charge in [-0.05, 0) is 258 Å². The fourth-order valence-electron chi connectivity index (χ4n) is 18.7. The van der Waals surface area contributed by atoms with Crippen molar-refractivity contribution in [3.8, 4) is 29.0 Å². The Balaban J connectivity index is 0.000000119. The van der Waals surface area contributed by atoms with Crippen LogP contribution in [0, 0.1) is 0 Å². The first-order chi connectivity index (χ1) is 70.6. The van der Waals surface area contributed by atoms with Crippen molar-refractivity contribution in [2.75, 3.05) is 97.5 Å². The van der Waals surface area contributed by atoms with Crippen molar-refractivity contribution in [1.29, 1.82) is 0 Å². The van der Waals surface area contributed by atoms with Gasteiger partial charge in [0.1, 0.15) is 49.7 Å². The molecular weight excluding hydrogens is 1870 g/mol. The van der Waals surface area contributed by atoms with E-state index >= 15 is 0 Å². The zero-order valence-electron chi connectivity index (χ0n) is 82.0. The second-order valence-corrected chi connectivity index (χ2v) is 38.9. The molecular formula is C107H115ClN28O10. The van der Waals surface area contributed by atoms with Gasteiger partial charge in [-0.25, -0.2) is 77.3 Å². The Morgan fingerprint density at radius 1 is 0.370 bits per heavy atom. The van der Waals surface area contributed by atoms with Gasteiger partial charge in [0.25, 0.3) is 22.2 Å². The number of anilines is 10. The summed E-state index contributed by atoms with van der Waals surface area (Å²) in [7, 11) is 4.29. The third-order valence-corrected chi connectivity index (χ3v) is 27.5. The van der Waals surface area contributed by atoms with Crippen LogP contribution in [0.15, 0.2) is 256 Å². The molecule has 750 valence electrons. The van der Waals surface area contributed by atoms with Crippen LogP contribution in [0.2, 0.25) is 5.02 Å². The molecule has 4 atom stereocenters. The van der Waals surface area contributed by atoms with Crippen molar-refractivity contribution in [2.45, 2.75) is 160 Å². The Hall–Kier alpha value is -15.6. The molecule has 1 aliphatic carbocycles. The number of likely N-dealkylation sites (N-methyl/N-ethyl adjacent to an activating group) is 2. The normalized spacial score (nSPS) is 20.5. The number of aliphatic hydroxyl groups is 5. The monoisotopic (exact) mass is 1990 g/mol. The minimum Gasteiger partial charge on any atom is -0.490 e. The van der Waals surface area contributed by atoms with Crippen LogP contribution in [0.4, 0.5) is 57.9 Å². The van der Waals surface area contributed by atoms with Crippen molar-refractivity contribution < 1.29 is 30.3 Å². The van der Waals surface area contributed by atoms with Crippen LogP contribution in [0.3, 0.4) is 0 Å². The fraction of sp³-hybridized carbons (Fsp3) is 0.327. The number of pyridine rings is 4. The number of fused-ring (bicyclic) bond motifs is 24. The van der Waals surface area contributed by atoms with E-state index in [1.165, 1.54) is 18.1 Å². The molecule has 0 amide bonds. The van der Waals surface area contributed by atoms with Gasteiger partial charge in [0.15, 0.2) is 45.9 Å². The van der Waals surface area contributed by atoms with E-state index in [1.807, 2.05) is 158 Å². The maximum Gasteiger partial charge on any atom is 0.278 e. The van der Waals surface area contributed by atoms with Gasteiger partial charge in [0, 0.05) is 115 Å². The summed E-state index contributed by atoms with van der Waals surface area (Å²) in [5.74, 6) is 4.27. The highest BCUT2D eigenvalue weighted by molar-refractivity contribution is 6.30. The molecule has 38 nitrogen and oxygen atoms in total. The Kier molecular flexibility index (Phi) is 27.9. The molecule has 4 aromatic carbocycles. The molecule has 0 radical (unpaired) electrons. The Morgan fingerprint density at radius 3 is 1.04 bits per heavy atom. The van der Waals surface area contributed by atoms with Crippen LogP contribution in [0.1, 0.15) is 127 Å². The molecule has 9 N–H and O–H groups in total. The molecule has 7 aliphatic rings. The van der Waals surface area contributed by atoms with Gasteiger partial charge in [-0.15, -0.1) is 0 Å². The summed E-state index contributed by atoms with van der Waals surface area (Å²) in [5, 5.41) is 69.2. The van der Waals surface area contributed by atoms with Gasteiger partial charge in [-0.1, -0.05) is 84.5 Å². The number of hydrogen-bond donors (Lipinski definition) is 9. The number of ether oxygens (including phenoxy) is 1. The minimum atomic E-state index is -1.11. The largest absolute Gasteiger partial charge is 0.490 e. The lowest BCUT2D eigenvalue weighted by molar-refractivity contribution is 0.0439. The molecule has 6 aliphatic heterocycles. The van der Waals surface area contributed by atoms with E-state index in [2.05, 4.69) is 102 Å². The predicted molar refractivity (Wildman–Crippen MR) is 563 cm³/mol. The number of benzene rings is 4. The van der Waals surface area contributed by atoms with Crippen molar-refractivity contribution in [2.24, 2.45) is 0 Å². The quantitative estimate of drug-likeness (QED) is 0.0484. The summed E-state index contributed by atoms with van der Waals surface area (Å²) in [4.78, 5) is 118. The number of aliphatic hydroxyl groups excluding tert-OH is 1. The van der Waals surface area contributed by atoms with Crippen LogP contribution in [0.5, 0.6) is 5.75 Å². The second-order valence-electron chi connectivity index (χ2n) is 38.5. The van der Waals surface area contributed by atoms with Gasteiger partial charge < -0.3 is 71.1 Å². The van der Waals surface area contributed by atoms with E-state index in [0.29, 0.717) is 203 Å². The Morgan fingerprint density at radius 2 is 0.692 bits per heavy atom. The van der Waals surface area contributed by atoms with Crippen LogP contribution in [-0.2, 0) is 55.2 Å². The summed E-state index contributed by atoms with van der Waals surface area (Å²) < 4.78 is 19.0. The second kappa shape index (κ2) is 41.7. The summed E-state index contributed by atoms with van der Waals surface area (Å²) >= 11 is 5.96. The topological polar surface area (TPSA) is 434 Å². The number of hydrogen-bond acceptors (Lipinski definition) is 30. The lowest BCUT2D eigenvalue weighted by atomic mass is 9.95. The number of nitrogens with zero attached hydrogens (tertiary/aromatic N) is 24. The minimum absolute atomic E-state index is 0.0845. The number of piperazine rings is 1. The van der Waals surface area contributed by atoms with Gasteiger partial charge >= 0.3 is 0 Å². The van der Waals surface area contributed by atoms with E-state index in [1.54, 1.807) is 120 Å². The Labute approximate surface area is 844 Å². The SMILES string of the molecule is CC1(O)CC/C=C\Cn2c(=O)c3cnc(Nc4ccc(Cl)cc4)nc3n2-c2cccc1n2.CC1(O)CC/C=C\Cn2c(=O)c3cnc(Nc4ccc(OC5CC5)cc4)nc3n2-c2cccc1n2.CN1CCCN(c2ccc(Nc3ncc4c(=O)n5n(c4n3)-c3cccc(n3)C(C)(O)CC/C=C\C5)cc2)CC1.CN1CCN(c2ccc(Nc3ncc4c(=O)n5n(c4n3)-c3cccc(n3)C(C)(O)CC/C=C\C5)cc2CO)CC1. The maximum absolute atomic E-state index is 13.4. The van der Waals surface area contributed by atoms with Crippen LogP contribution in [-0.4, -0.2) is 205 Å². The van der Waals surface area contributed by atoms with Crippen LogP contribution in [0.25, 0.3) is 67.4 Å². The molecule has 39 heteroatoms. The number of rotatable bonds is 13. The van der Waals surface area contributed by atoms with Crippen molar-refractivity contribution in [3.63, 3.8) is 0 Å². The van der Waals surface area contributed by atoms with Crippen molar-refractivity contribution in [3.05, 3.63) is 312 Å². The van der Waals surface area contributed by atoms with Crippen LogP contribution < -0.4 is 58.0 Å². The number of halogens is 1. The van der Waals surface area contributed by atoms with E-state index in [-0.39, 0.29) is 28.8 Å². The molecule has 12 aromatic heterocycles. The van der Waals surface area contributed by atoms with Gasteiger partial charge in [0.05, 0.1) is 61.7 Å². The molecule has 23 rings (SSSR count). The number of allylic oxidation sites excluding steroid dienone is 8. The smallest absolute Gasteiger partial charge is 0.278 e. The third kappa shape index (κ3) is 21.2. The molecule has 4 unspecified atom stereocenters. The fourth-order valence-corrected chi connectivity index (χ4v) is 18.8. The average molecular weight is 1990 g/mol. The molecule has 0 spiro atoms. The number of aromatic nitrogens is 20. The molecule has 2 saturated heterocycles. The summed E-state index contributed by atoms with van der Waals surface area (Å²) in [6.45, 7) is 16.4. The molecule has 16 aromatic rings. The highest BCUT2D eigenvalue weighted by atomic mass is 35.5. The first kappa shape index (κ1) is 97.9. The lowest BCUT2D eigenvalue weighted by Gasteiger charge is -2.35. The van der Waals surface area contributed by atoms with E-state index in [9.17, 15) is 44.7 Å². The zero-order chi connectivity index (χ0) is 101. The molecule has 8 bridgehead atoms. The van der Waals surface area contributed by atoms with Gasteiger partial charge in [-0.2, -0.15) is 19.9 Å². The van der Waals surface area contributed by atoms with E-state index in [4.69, 9.17) is 41.3 Å². The van der Waals surface area contributed by atoms with E-state index < -0.39 is 22.4 Å². The molecule has 18 heterocycles. The van der Waals surface area contributed by atoms with Gasteiger partial charge in [-0.3, -0.25) is 19.2 Å². The maximum atomic E-state index is 13.4. The zero-order valence-corrected chi connectivity index (χ0v) is 82.7. The number of nitrogens with one attached hydrogen (secondary N) is 4. The lowest BCUT2D eigenvalue weighted by Crippen LogP contribution is -2.44. The summed E-state index contributed by atoms with van der Waals surface area (Å²) in [6.07, 6.45) is 30.3. The first-order valence-electron chi connectivity index (χ1n) is 49.3. The Bertz CT molecular complexity index is 7920. The third-order valence-electron chi connectivity index (χ3n) is 27.3. The molecule has 3 fully saturated rings. The predicted octanol–water partition coefficient (Wildman–Crippen LogP) is 13.7.